The summed E-state index contributed by atoms with van der Waals surface area (Å²) in [5.41, 5.74) is 1.08. The number of hydrogen-bond donors (Lipinski definition) is 0. The summed E-state index contributed by atoms with van der Waals surface area (Å²) < 4.78 is 5.58. The van der Waals surface area contributed by atoms with E-state index >= 15 is 0 Å². The molecule has 0 amide bonds. The predicted octanol–water partition coefficient (Wildman–Crippen LogP) is 3.41. The number of halogens is 1. The summed E-state index contributed by atoms with van der Waals surface area (Å²) in [5, 5.41) is 0.280. The summed E-state index contributed by atoms with van der Waals surface area (Å²) in [7, 11) is 0. The first kappa shape index (κ1) is 11.2. The van der Waals surface area contributed by atoms with Gasteiger partial charge in [0.2, 0.25) is 0 Å². The Morgan fingerprint density at radius 1 is 1.19 bits per heavy atom. The van der Waals surface area contributed by atoms with Gasteiger partial charge in [-0.25, -0.2) is 0 Å². The predicted molar refractivity (Wildman–Crippen MR) is 63.0 cm³/mol. The lowest BCUT2D eigenvalue weighted by molar-refractivity contribution is -0.115. The molecule has 2 nitrogen and oxygen atoms in total. The number of carbonyl (C=O) groups is 1. The van der Waals surface area contributed by atoms with E-state index in [4.69, 9.17) is 16.3 Å². The average Bonchev–Trinajstić information content (AvgIpc) is 2.32. The second-order valence-corrected chi connectivity index (χ2v) is 4.17. The van der Waals surface area contributed by atoms with Gasteiger partial charge in [-0.3, -0.25) is 4.79 Å². The molecule has 0 fully saturated rings. The summed E-state index contributed by atoms with van der Waals surface area (Å²) >= 11 is 5.90. The van der Waals surface area contributed by atoms with E-state index in [-0.39, 0.29) is 10.8 Å². The van der Waals surface area contributed by atoms with Crippen LogP contribution in [0.4, 0.5) is 0 Å². The molecule has 3 heteroatoms. The number of benzene rings is 1. The molecule has 16 heavy (non-hydrogen) atoms. The number of allylic oxidation sites excluding steroid dienone is 2. The molecule has 1 aromatic rings. The largest absolute Gasteiger partial charge is 0.492 e. The summed E-state index contributed by atoms with van der Waals surface area (Å²) in [6.45, 7) is 0.472. The van der Waals surface area contributed by atoms with E-state index in [0.717, 1.165) is 18.4 Å². The highest BCUT2D eigenvalue weighted by Crippen LogP contribution is 2.26. The van der Waals surface area contributed by atoms with Gasteiger partial charge in [-0.1, -0.05) is 41.9 Å². The molecule has 0 N–H and O–H groups in total. The third kappa shape index (κ3) is 2.64. The van der Waals surface area contributed by atoms with Gasteiger partial charge in [-0.2, -0.15) is 0 Å². The molecule has 0 unspecified atom stereocenters. The fourth-order valence-electron chi connectivity index (χ4n) is 1.66. The molecule has 2 rings (SSSR count). The molecule has 1 aliphatic rings. The Morgan fingerprint density at radius 2 is 1.94 bits per heavy atom. The van der Waals surface area contributed by atoms with Crippen LogP contribution in [-0.4, -0.2) is 5.78 Å². The van der Waals surface area contributed by atoms with Crippen LogP contribution in [0, 0.1) is 0 Å². The molecular weight excluding hydrogens is 224 g/mol. The number of ketones is 1. The summed E-state index contributed by atoms with van der Waals surface area (Å²) in [6.07, 6.45) is 2.13. The molecule has 1 aromatic carbocycles. The molecule has 0 radical (unpaired) electrons. The average molecular weight is 237 g/mol. The number of ether oxygens (including phenoxy) is 1. The van der Waals surface area contributed by atoms with Crippen molar-refractivity contribution in [3.8, 4) is 0 Å². The van der Waals surface area contributed by atoms with E-state index in [1.807, 2.05) is 30.3 Å². The second kappa shape index (κ2) is 5.17. The molecule has 0 saturated heterocycles. The van der Waals surface area contributed by atoms with E-state index in [1.54, 1.807) is 0 Å². The lowest BCUT2D eigenvalue weighted by atomic mass is 10.0. The van der Waals surface area contributed by atoms with Crippen LogP contribution in [0.3, 0.4) is 0 Å². The first-order valence-electron chi connectivity index (χ1n) is 5.36. The zero-order valence-electron chi connectivity index (χ0n) is 8.91. The van der Waals surface area contributed by atoms with Gasteiger partial charge in [0.15, 0.2) is 5.78 Å². The zero-order chi connectivity index (χ0) is 11.4. The first-order chi connectivity index (χ1) is 7.77. The van der Waals surface area contributed by atoms with Crippen LogP contribution < -0.4 is 0 Å². The van der Waals surface area contributed by atoms with Crippen LogP contribution >= 0.6 is 11.6 Å². The van der Waals surface area contributed by atoms with Crippen LogP contribution in [0.5, 0.6) is 0 Å². The monoisotopic (exact) mass is 236 g/mol. The van der Waals surface area contributed by atoms with Gasteiger partial charge >= 0.3 is 0 Å². The second-order valence-electron chi connectivity index (χ2n) is 3.79. The van der Waals surface area contributed by atoms with Crippen molar-refractivity contribution in [2.75, 3.05) is 0 Å². The van der Waals surface area contributed by atoms with Crippen molar-refractivity contribution in [2.24, 2.45) is 0 Å². The van der Waals surface area contributed by atoms with E-state index in [2.05, 4.69) is 0 Å². The Morgan fingerprint density at radius 3 is 2.69 bits per heavy atom. The van der Waals surface area contributed by atoms with Crippen molar-refractivity contribution in [2.45, 2.75) is 25.9 Å². The fraction of sp³-hybridized carbons (Fsp3) is 0.308. The van der Waals surface area contributed by atoms with Gasteiger partial charge in [0, 0.05) is 12.8 Å². The van der Waals surface area contributed by atoms with Crippen molar-refractivity contribution in [1.82, 2.24) is 0 Å². The third-order valence-electron chi connectivity index (χ3n) is 2.55. The summed E-state index contributed by atoms with van der Waals surface area (Å²) in [4.78, 5) is 11.3. The standard InChI is InChI=1S/C13H13ClO2/c14-13-11(15)7-4-8-12(13)16-9-10-5-2-1-3-6-10/h1-3,5-6H,4,7-9H2. The summed E-state index contributed by atoms with van der Waals surface area (Å²) in [6, 6.07) is 9.85. The molecule has 0 saturated carbocycles. The van der Waals surface area contributed by atoms with Gasteiger partial charge in [0.25, 0.3) is 0 Å². The van der Waals surface area contributed by atoms with Gasteiger partial charge in [0.1, 0.15) is 17.4 Å². The van der Waals surface area contributed by atoms with Crippen molar-refractivity contribution in [1.29, 1.82) is 0 Å². The number of Topliss-reactive ketones (excluding diaryl/α,β-unsaturated/α-hetero) is 1. The maximum atomic E-state index is 11.3. The van der Waals surface area contributed by atoms with Crippen molar-refractivity contribution in [3.05, 3.63) is 46.7 Å². The Bertz CT molecular complexity index is 409. The Kier molecular flexibility index (Phi) is 3.62. The Labute approximate surface area is 99.9 Å². The molecule has 84 valence electrons. The lowest BCUT2D eigenvalue weighted by Gasteiger charge is -2.16. The van der Waals surface area contributed by atoms with Crippen LogP contribution in [0.2, 0.25) is 0 Å². The molecule has 1 aliphatic carbocycles. The smallest absolute Gasteiger partial charge is 0.177 e. The Balaban J connectivity index is 2.00. The molecule has 0 bridgehead atoms. The van der Waals surface area contributed by atoms with Crippen LogP contribution in [-0.2, 0) is 16.1 Å². The highest BCUT2D eigenvalue weighted by molar-refractivity contribution is 6.42. The van der Waals surface area contributed by atoms with E-state index in [9.17, 15) is 4.79 Å². The first-order valence-corrected chi connectivity index (χ1v) is 5.74. The fourth-order valence-corrected chi connectivity index (χ4v) is 1.91. The van der Waals surface area contributed by atoms with E-state index < -0.39 is 0 Å². The van der Waals surface area contributed by atoms with Gasteiger partial charge in [0.05, 0.1) is 0 Å². The maximum Gasteiger partial charge on any atom is 0.177 e. The summed E-state index contributed by atoms with van der Waals surface area (Å²) in [5.74, 6) is 0.637. The highest BCUT2D eigenvalue weighted by atomic mass is 35.5. The molecule has 0 spiro atoms. The Hall–Kier alpha value is -1.28. The van der Waals surface area contributed by atoms with Gasteiger partial charge in [-0.15, -0.1) is 0 Å². The molecule has 0 atom stereocenters. The number of rotatable bonds is 3. The maximum absolute atomic E-state index is 11.3. The molecule has 0 aliphatic heterocycles. The van der Waals surface area contributed by atoms with Crippen LogP contribution in [0.25, 0.3) is 0 Å². The highest BCUT2D eigenvalue weighted by Gasteiger charge is 2.19. The lowest BCUT2D eigenvalue weighted by Crippen LogP contribution is -2.09. The normalized spacial score (nSPS) is 16.4. The number of hydrogen-bond acceptors (Lipinski definition) is 2. The van der Waals surface area contributed by atoms with Crippen molar-refractivity contribution >= 4 is 17.4 Å². The molecule has 0 aromatic heterocycles. The van der Waals surface area contributed by atoms with Crippen molar-refractivity contribution in [3.63, 3.8) is 0 Å². The van der Waals surface area contributed by atoms with E-state index in [1.165, 1.54) is 0 Å². The SMILES string of the molecule is O=C1CCCC(OCc2ccccc2)=C1Cl. The molecule has 0 heterocycles. The quantitative estimate of drug-likeness (QED) is 0.804. The number of carbonyl (C=O) groups excluding carboxylic acids is 1. The molecular formula is C13H13ClO2. The van der Waals surface area contributed by atoms with Crippen LogP contribution in [0.15, 0.2) is 41.1 Å². The zero-order valence-corrected chi connectivity index (χ0v) is 9.67. The van der Waals surface area contributed by atoms with Gasteiger partial charge in [-0.05, 0) is 12.0 Å². The minimum Gasteiger partial charge on any atom is -0.492 e. The van der Waals surface area contributed by atoms with Crippen molar-refractivity contribution < 1.29 is 9.53 Å². The van der Waals surface area contributed by atoms with Crippen LogP contribution in [0.1, 0.15) is 24.8 Å². The van der Waals surface area contributed by atoms with E-state index in [0.29, 0.717) is 18.8 Å². The minimum atomic E-state index is -0.00372. The van der Waals surface area contributed by atoms with Gasteiger partial charge < -0.3 is 4.74 Å². The topological polar surface area (TPSA) is 26.3 Å². The minimum absolute atomic E-state index is 0.00372. The third-order valence-corrected chi connectivity index (χ3v) is 2.97.